The molecule has 0 aromatic carbocycles. The highest BCUT2D eigenvalue weighted by atomic mass is 16.6. The Morgan fingerprint density at radius 1 is 1.39 bits per heavy atom. The third-order valence-corrected chi connectivity index (χ3v) is 3.25. The van der Waals surface area contributed by atoms with Crippen molar-refractivity contribution in [3.63, 3.8) is 0 Å². The summed E-state index contributed by atoms with van der Waals surface area (Å²) < 4.78 is 5.25. The molecule has 0 saturated carbocycles. The molecule has 0 aromatic rings. The predicted octanol–water partition coefficient (Wildman–Crippen LogP) is 0.546. The van der Waals surface area contributed by atoms with Crippen LogP contribution in [0.3, 0.4) is 0 Å². The lowest BCUT2D eigenvalue weighted by atomic mass is 10.1. The maximum atomic E-state index is 11.9. The molecule has 2 fully saturated rings. The van der Waals surface area contributed by atoms with Gasteiger partial charge in [0, 0.05) is 19.5 Å². The average Bonchev–Trinajstić information content (AvgIpc) is 2.59. The molecular formula is C12H20N2O4. The Balaban J connectivity index is 2.04. The Hall–Kier alpha value is -1.30. The second-order valence-electron chi connectivity index (χ2n) is 5.78. The van der Waals surface area contributed by atoms with Gasteiger partial charge in [-0.2, -0.15) is 0 Å². The molecule has 102 valence electrons. The van der Waals surface area contributed by atoms with E-state index in [0.717, 1.165) is 0 Å². The standard InChI is InChI=1S/C12H20N2O4/c1-12(2,3)18-11(17)14-7-6-13-8(10(14)16)4-5-9(13)15/h8,10,16H,4-7H2,1-3H3. The SMILES string of the molecule is CC(C)(C)OC(=O)N1CCN2C(=O)CCC2C1O. The van der Waals surface area contributed by atoms with Crippen LogP contribution in [0.5, 0.6) is 0 Å². The largest absolute Gasteiger partial charge is 0.444 e. The van der Waals surface area contributed by atoms with Gasteiger partial charge >= 0.3 is 6.09 Å². The normalized spacial score (nSPS) is 28.3. The van der Waals surface area contributed by atoms with Gasteiger partial charge in [0.05, 0.1) is 6.04 Å². The van der Waals surface area contributed by atoms with Crippen molar-refractivity contribution in [1.29, 1.82) is 0 Å². The first kappa shape index (κ1) is 13.1. The molecule has 2 aliphatic rings. The number of nitrogens with zero attached hydrogens (tertiary/aromatic N) is 2. The van der Waals surface area contributed by atoms with Crippen LogP contribution in [-0.4, -0.2) is 57.9 Å². The summed E-state index contributed by atoms with van der Waals surface area (Å²) in [7, 11) is 0. The molecule has 1 N–H and O–H groups in total. The number of rotatable bonds is 0. The molecule has 2 rings (SSSR count). The van der Waals surface area contributed by atoms with E-state index in [1.807, 2.05) is 0 Å². The fourth-order valence-corrected chi connectivity index (χ4v) is 2.43. The molecule has 6 heteroatoms. The van der Waals surface area contributed by atoms with E-state index < -0.39 is 17.9 Å². The molecule has 0 spiro atoms. The summed E-state index contributed by atoms with van der Waals surface area (Å²) in [5.41, 5.74) is -0.584. The predicted molar refractivity (Wildman–Crippen MR) is 63.7 cm³/mol. The second-order valence-corrected chi connectivity index (χ2v) is 5.78. The van der Waals surface area contributed by atoms with Crippen LogP contribution in [0.25, 0.3) is 0 Å². The Labute approximate surface area is 106 Å². The van der Waals surface area contributed by atoms with Gasteiger partial charge in [-0.1, -0.05) is 0 Å². The first-order valence-corrected chi connectivity index (χ1v) is 6.27. The lowest BCUT2D eigenvalue weighted by Crippen LogP contribution is -2.60. The summed E-state index contributed by atoms with van der Waals surface area (Å²) in [4.78, 5) is 26.4. The Morgan fingerprint density at radius 3 is 2.67 bits per heavy atom. The minimum absolute atomic E-state index is 0.0582. The molecule has 2 heterocycles. The smallest absolute Gasteiger partial charge is 0.412 e. The van der Waals surface area contributed by atoms with Crippen molar-refractivity contribution >= 4 is 12.0 Å². The van der Waals surface area contributed by atoms with Crippen molar-refractivity contribution in [2.45, 2.75) is 51.5 Å². The second kappa shape index (κ2) is 4.42. The molecule has 0 bridgehead atoms. The number of hydrogen-bond donors (Lipinski definition) is 1. The fourth-order valence-electron chi connectivity index (χ4n) is 2.43. The van der Waals surface area contributed by atoms with Gasteiger partial charge in [0.15, 0.2) is 6.23 Å². The van der Waals surface area contributed by atoms with Crippen LogP contribution in [0.4, 0.5) is 4.79 Å². The van der Waals surface area contributed by atoms with Crippen molar-refractivity contribution < 1.29 is 19.4 Å². The fraction of sp³-hybridized carbons (Fsp3) is 0.833. The van der Waals surface area contributed by atoms with Crippen LogP contribution in [0.2, 0.25) is 0 Å². The molecular weight excluding hydrogens is 236 g/mol. The summed E-state index contributed by atoms with van der Waals surface area (Å²) in [6, 6.07) is -0.279. The molecule has 0 aliphatic carbocycles. The third kappa shape index (κ3) is 2.43. The van der Waals surface area contributed by atoms with E-state index in [0.29, 0.717) is 25.9 Å². The van der Waals surface area contributed by atoms with Gasteiger partial charge < -0.3 is 14.7 Å². The number of hydrogen-bond acceptors (Lipinski definition) is 4. The first-order valence-electron chi connectivity index (χ1n) is 6.27. The number of carbonyl (C=O) groups excluding carboxylic acids is 2. The van der Waals surface area contributed by atoms with Crippen LogP contribution in [0.1, 0.15) is 33.6 Å². The van der Waals surface area contributed by atoms with Crippen LogP contribution >= 0.6 is 0 Å². The van der Waals surface area contributed by atoms with Crippen molar-refractivity contribution in [3.05, 3.63) is 0 Å². The Morgan fingerprint density at radius 2 is 2.06 bits per heavy atom. The van der Waals surface area contributed by atoms with Crippen molar-refractivity contribution in [3.8, 4) is 0 Å². The monoisotopic (exact) mass is 256 g/mol. The summed E-state index contributed by atoms with van der Waals surface area (Å²) >= 11 is 0. The summed E-state index contributed by atoms with van der Waals surface area (Å²) in [6.07, 6.45) is -0.433. The lowest BCUT2D eigenvalue weighted by Gasteiger charge is -2.41. The van der Waals surface area contributed by atoms with E-state index in [4.69, 9.17) is 4.74 Å². The van der Waals surface area contributed by atoms with Crippen LogP contribution in [-0.2, 0) is 9.53 Å². The topological polar surface area (TPSA) is 70.1 Å². The van der Waals surface area contributed by atoms with Gasteiger partial charge in [0.1, 0.15) is 5.60 Å². The number of fused-ring (bicyclic) bond motifs is 1. The highest BCUT2D eigenvalue weighted by Gasteiger charge is 2.44. The lowest BCUT2D eigenvalue weighted by molar-refractivity contribution is -0.139. The highest BCUT2D eigenvalue weighted by Crippen LogP contribution is 2.27. The van der Waals surface area contributed by atoms with Crippen molar-refractivity contribution in [2.24, 2.45) is 0 Å². The minimum atomic E-state index is -0.958. The average molecular weight is 256 g/mol. The Bertz CT molecular complexity index is 364. The number of amides is 2. The number of ether oxygens (including phenoxy) is 1. The molecule has 0 radical (unpaired) electrons. The van der Waals surface area contributed by atoms with E-state index in [1.54, 1.807) is 25.7 Å². The summed E-state index contributed by atoms with van der Waals surface area (Å²) in [5.74, 6) is 0.0582. The zero-order valence-electron chi connectivity index (χ0n) is 11.0. The number of aliphatic hydroxyl groups excluding tert-OH is 1. The molecule has 6 nitrogen and oxygen atoms in total. The number of piperazine rings is 1. The van der Waals surface area contributed by atoms with E-state index in [2.05, 4.69) is 0 Å². The van der Waals surface area contributed by atoms with Gasteiger partial charge in [0.2, 0.25) is 5.91 Å². The quantitative estimate of drug-likeness (QED) is 0.687. The maximum absolute atomic E-state index is 11.9. The van der Waals surface area contributed by atoms with Gasteiger partial charge in [-0.3, -0.25) is 9.69 Å². The molecule has 2 amide bonds. The Kier molecular flexibility index (Phi) is 3.23. The van der Waals surface area contributed by atoms with Crippen LogP contribution < -0.4 is 0 Å². The zero-order valence-corrected chi connectivity index (χ0v) is 11.0. The molecule has 2 aliphatic heterocycles. The summed E-state index contributed by atoms with van der Waals surface area (Å²) in [6.45, 7) is 6.14. The molecule has 0 aromatic heterocycles. The molecule has 18 heavy (non-hydrogen) atoms. The van der Waals surface area contributed by atoms with E-state index in [9.17, 15) is 14.7 Å². The van der Waals surface area contributed by atoms with Gasteiger partial charge in [-0.15, -0.1) is 0 Å². The van der Waals surface area contributed by atoms with Gasteiger partial charge in [-0.05, 0) is 27.2 Å². The zero-order chi connectivity index (χ0) is 13.5. The summed E-state index contributed by atoms with van der Waals surface area (Å²) in [5, 5.41) is 10.2. The van der Waals surface area contributed by atoms with E-state index in [-0.39, 0.29) is 11.9 Å². The maximum Gasteiger partial charge on any atom is 0.412 e. The number of carbonyl (C=O) groups is 2. The van der Waals surface area contributed by atoms with Crippen LogP contribution in [0, 0.1) is 0 Å². The molecule has 2 unspecified atom stereocenters. The minimum Gasteiger partial charge on any atom is -0.444 e. The molecule has 2 saturated heterocycles. The number of aliphatic hydroxyl groups is 1. The first-order chi connectivity index (χ1) is 8.29. The van der Waals surface area contributed by atoms with E-state index >= 15 is 0 Å². The molecule has 2 atom stereocenters. The third-order valence-electron chi connectivity index (χ3n) is 3.25. The van der Waals surface area contributed by atoms with Crippen molar-refractivity contribution in [1.82, 2.24) is 9.80 Å². The van der Waals surface area contributed by atoms with Gasteiger partial charge in [0.25, 0.3) is 0 Å². The van der Waals surface area contributed by atoms with Crippen LogP contribution in [0.15, 0.2) is 0 Å². The van der Waals surface area contributed by atoms with E-state index in [1.165, 1.54) is 4.90 Å². The highest BCUT2D eigenvalue weighted by molar-refractivity contribution is 5.79. The van der Waals surface area contributed by atoms with Crippen molar-refractivity contribution in [2.75, 3.05) is 13.1 Å². The van der Waals surface area contributed by atoms with Gasteiger partial charge in [-0.25, -0.2) is 4.79 Å².